The highest BCUT2D eigenvalue weighted by molar-refractivity contribution is 5.98. The molecule has 2 aliphatic rings. The summed E-state index contributed by atoms with van der Waals surface area (Å²) in [7, 11) is 1.82. The van der Waals surface area contributed by atoms with Crippen molar-refractivity contribution in [3.8, 4) is 0 Å². The van der Waals surface area contributed by atoms with Crippen molar-refractivity contribution in [1.29, 1.82) is 0 Å². The fourth-order valence-corrected chi connectivity index (χ4v) is 4.31. The maximum atomic E-state index is 12.3. The van der Waals surface area contributed by atoms with Crippen molar-refractivity contribution in [2.45, 2.75) is 58.1 Å². The third-order valence-electron chi connectivity index (χ3n) is 5.75. The number of rotatable bonds is 4. The number of carbonyl (C=O) groups is 1. The Kier molecular flexibility index (Phi) is 5.09. The molecule has 158 valence electrons. The summed E-state index contributed by atoms with van der Waals surface area (Å²) in [5.74, 6) is 0.384. The molecule has 1 atom stereocenters. The van der Waals surface area contributed by atoms with E-state index in [1.165, 1.54) is 18.4 Å². The van der Waals surface area contributed by atoms with Crippen LogP contribution in [0, 0.1) is 5.92 Å². The summed E-state index contributed by atoms with van der Waals surface area (Å²) in [5, 5.41) is 5.78. The molecule has 1 aliphatic heterocycles. The third-order valence-corrected chi connectivity index (χ3v) is 5.75. The fraction of sp³-hybridized carbons (Fsp3) is 0.636. The number of carbonyl (C=O) groups excluding carboxylic acids is 1. The molecular weight excluding hydrogens is 366 g/mol. The van der Waals surface area contributed by atoms with Crippen LogP contribution in [0.3, 0.4) is 0 Å². The number of hydrogen-bond acceptors (Lipinski definition) is 5. The van der Waals surface area contributed by atoms with Crippen LogP contribution in [0.25, 0.3) is 10.9 Å². The summed E-state index contributed by atoms with van der Waals surface area (Å²) in [5.41, 5.74) is 9.01. The molecule has 7 nitrogen and oxygen atoms in total. The van der Waals surface area contributed by atoms with Gasteiger partial charge in [-0.05, 0) is 64.5 Å². The topological polar surface area (TPSA) is 76.6 Å². The molecule has 1 amide bonds. The molecule has 1 aliphatic carbocycles. The second-order valence-corrected chi connectivity index (χ2v) is 9.57. The summed E-state index contributed by atoms with van der Waals surface area (Å²) < 4.78 is 7.65. The second kappa shape index (κ2) is 7.43. The van der Waals surface area contributed by atoms with E-state index in [0.717, 1.165) is 42.7 Å². The molecule has 29 heavy (non-hydrogen) atoms. The van der Waals surface area contributed by atoms with Gasteiger partial charge < -0.3 is 20.3 Å². The van der Waals surface area contributed by atoms with Gasteiger partial charge in [0.1, 0.15) is 5.60 Å². The number of hydrogen-bond donors (Lipinski definition) is 1. The van der Waals surface area contributed by atoms with Crippen LogP contribution >= 0.6 is 0 Å². The molecule has 2 N–H and O–H groups in total. The van der Waals surface area contributed by atoms with E-state index in [4.69, 9.17) is 10.5 Å². The molecule has 1 aromatic heterocycles. The summed E-state index contributed by atoms with van der Waals surface area (Å²) in [6.07, 6.45) is 6.30. The standard InChI is InChI=1S/C22H33N5O2/c1-22(2,3)29-21(28)25(4)13-15-6-5-11-26(14-15)20-17-12-24-27(16-7-8-16)19(17)10-9-18(20)23/h9-10,12,15-16H,5-8,11,13-14,23H2,1-4H3/t15-/m0/s1. The minimum Gasteiger partial charge on any atom is -0.444 e. The average Bonchev–Trinajstić information content (AvgIpc) is 3.40. The Morgan fingerprint density at radius 2 is 2.07 bits per heavy atom. The number of amides is 1. The van der Waals surface area contributed by atoms with E-state index < -0.39 is 5.60 Å². The smallest absolute Gasteiger partial charge is 0.410 e. The minimum atomic E-state index is -0.476. The molecule has 7 heteroatoms. The van der Waals surface area contributed by atoms with Crippen molar-refractivity contribution >= 4 is 28.4 Å². The van der Waals surface area contributed by atoms with Crippen LogP contribution in [0.1, 0.15) is 52.5 Å². The largest absolute Gasteiger partial charge is 0.444 e. The van der Waals surface area contributed by atoms with Gasteiger partial charge in [0.15, 0.2) is 0 Å². The van der Waals surface area contributed by atoms with Gasteiger partial charge in [0.2, 0.25) is 0 Å². The summed E-state index contributed by atoms with van der Waals surface area (Å²) in [6.45, 7) is 8.23. The lowest BCUT2D eigenvalue weighted by Gasteiger charge is -2.37. The lowest BCUT2D eigenvalue weighted by molar-refractivity contribution is 0.0269. The number of fused-ring (bicyclic) bond motifs is 1. The van der Waals surface area contributed by atoms with E-state index in [-0.39, 0.29) is 6.09 Å². The lowest BCUT2D eigenvalue weighted by Crippen LogP contribution is -2.43. The first kappa shape index (κ1) is 19.9. The number of nitrogen functional groups attached to an aromatic ring is 1. The Morgan fingerprint density at radius 3 is 2.76 bits per heavy atom. The zero-order valence-corrected chi connectivity index (χ0v) is 18.0. The van der Waals surface area contributed by atoms with Gasteiger partial charge >= 0.3 is 6.09 Å². The zero-order valence-electron chi connectivity index (χ0n) is 18.0. The van der Waals surface area contributed by atoms with E-state index in [9.17, 15) is 4.79 Å². The number of benzene rings is 1. The van der Waals surface area contributed by atoms with Crippen molar-refractivity contribution in [2.24, 2.45) is 5.92 Å². The van der Waals surface area contributed by atoms with Crippen molar-refractivity contribution < 1.29 is 9.53 Å². The van der Waals surface area contributed by atoms with Gasteiger partial charge in [0.05, 0.1) is 29.1 Å². The number of nitrogens with two attached hydrogens (primary N) is 1. The summed E-state index contributed by atoms with van der Waals surface area (Å²) >= 11 is 0. The highest BCUT2D eigenvalue weighted by atomic mass is 16.6. The highest BCUT2D eigenvalue weighted by Crippen LogP contribution is 2.41. The predicted octanol–water partition coefficient (Wildman–Crippen LogP) is 4.04. The number of piperidine rings is 1. The normalized spacial score (nSPS) is 20.1. The third kappa shape index (κ3) is 4.28. The predicted molar refractivity (Wildman–Crippen MR) is 116 cm³/mol. The molecule has 1 aromatic carbocycles. The molecule has 0 bridgehead atoms. The minimum absolute atomic E-state index is 0.262. The molecule has 0 unspecified atom stereocenters. The lowest BCUT2D eigenvalue weighted by atomic mass is 9.96. The Morgan fingerprint density at radius 1 is 1.31 bits per heavy atom. The molecule has 0 radical (unpaired) electrons. The SMILES string of the molecule is CN(C[C@@H]1CCCN(c2c(N)ccc3c2cnn3C2CC2)C1)C(=O)OC(C)(C)C. The average molecular weight is 400 g/mol. The number of nitrogens with zero attached hydrogens (tertiary/aromatic N) is 4. The van der Waals surface area contributed by atoms with Crippen molar-refractivity contribution in [1.82, 2.24) is 14.7 Å². The number of aromatic nitrogens is 2. The molecule has 2 aromatic rings. The van der Waals surface area contributed by atoms with Crippen LogP contribution < -0.4 is 10.6 Å². The summed E-state index contributed by atoms with van der Waals surface area (Å²) in [6, 6.07) is 4.65. The van der Waals surface area contributed by atoms with Crippen molar-refractivity contribution in [2.75, 3.05) is 37.3 Å². The van der Waals surface area contributed by atoms with Gasteiger partial charge in [-0.3, -0.25) is 4.68 Å². The molecule has 1 saturated carbocycles. The van der Waals surface area contributed by atoms with Crippen LogP contribution in [0.4, 0.5) is 16.2 Å². The van der Waals surface area contributed by atoms with Gasteiger partial charge in [-0.15, -0.1) is 0 Å². The first-order chi connectivity index (χ1) is 13.7. The Bertz CT molecular complexity index is 896. The van der Waals surface area contributed by atoms with Crippen LogP contribution in [0.15, 0.2) is 18.3 Å². The Hall–Kier alpha value is -2.44. The highest BCUT2D eigenvalue weighted by Gasteiger charge is 2.29. The fourth-order valence-electron chi connectivity index (χ4n) is 4.31. The monoisotopic (exact) mass is 399 g/mol. The zero-order chi connectivity index (χ0) is 20.8. The maximum absolute atomic E-state index is 12.3. The van der Waals surface area contributed by atoms with Crippen molar-refractivity contribution in [3.63, 3.8) is 0 Å². The van der Waals surface area contributed by atoms with E-state index in [2.05, 4.69) is 20.7 Å². The summed E-state index contributed by atoms with van der Waals surface area (Å²) in [4.78, 5) is 16.4. The van der Waals surface area contributed by atoms with Gasteiger partial charge in [0, 0.05) is 32.1 Å². The molecule has 4 rings (SSSR count). The van der Waals surface area contributed by atoms with E-state index in [0.29, 0.717) is 18.5 Å². The molecule has 2 heterocycles. The van der Waals surface area contributed by atoms with Crippen LogP contribution in [0.5, 0.6) is 0 Å². The molecule has 0 spiro atoms. The van der Waals surface area contributed by atoms with Crippen LogP contribution in [0.2, 0.25) is 0 Å². The van der Waals surface area contributed by atoms with Gasteiger partial charge in [-0.25, -0.2) is 4.79 Å². The number of anilines is 2. The van der Waals surface area contributed by atoms with Crippen molar-refractivity contribution in [3.05, 3.63) is 18.3 Å². The first-order valence-corrected chi connectivity index (χ1v) is 10.7. The quantitative estimate of drug-likeness (QED) is 0.785. The molecular formula is C22H33N5O2. The van der Waals surface area contributed by atoms with Gasteiger partial charge in [0.25, 0.3) is 0 Å². The van der Waals surface area contributed by atoms with Gasteiger partial charge in [-0.1, -0.05) is 0 Å². The number of ether oxygens (including phenoxy) is 1. The van der Waals surface area contributed by atoms with E-state index in [1.54, 1.807) is 4.90 Å². The Labute approximate surface area is 172 Å². The molecule has 2 fully saturated rings. The van der Waals surface area contributed by atoms with E-state index in [1.807, 2.05) is 40.1 Å². The van der Waals surface area contributed by atoms with E-state index >= 15 is 0 Å². The first-order valence-electron chi connectivity index (χ1n) is 10.7. The van der Waals surface area contributed by atoms with Gasteiger partial charge in [-0.2, -0.15) is 5.10 Å². The Balaban J connectivity index is 1.50. The second-order valence-electron chi connectivity index (χ2n) is 9.57. The van der Waals surface area contributed by atoms with Crippen LogP contribution in [-0.2, 0) is 4.74 Å². The van der Waals surface area contributed by atoms with Crippen LogP contribution in [-0.4, -0.2) is 53.1 Å². The molecule has 1 saturated heterocycles. The maximum Gasteiger partial charge on any atom is 0.410 e.